The third-order valence-corrected chi connectivity index (χ3v) is 5.86. The van der Waals surface area contributed by atoms with Crippen LogP contribution in [-0.2, 0) is 13.1 Å². The lowest BCUT2D eigenvalue weighted by molar-refractivity contribution is 0.170. The topological polar surface area (TPSA) is 48.7 Å². The van der Waals surface area contributed by atoms with Crippen molar-refractivity contribution in [1.82, 2.24) is 15.1 Å². The van der Waals surface area contributed by atoms with Gasteiger partial charge in [-0.2, -0.15) is 0 Å². The van der Waals surface area contributed by atoms with Gasteiger partial charge in [-0.1, -0.05) is 6.07 Å². The van der Waals surface area contributed by atoms with E-state index in [4.69, 9.17) is 4.42 Å². The Labute approximate surface area is 161 Å². The van der Waals surface area contributed by atoms with E-state index >= 15 is 0 Å². The van der Waals surface area contributed by atoms with Crippen molar-refractivity contribution in [2.75, 3.05) is 26.7 Å². The number of piperidine rings is 1. The van der Waals surface area contributed by atoms with E-state index in [1.165, 1.54) is 4.88 Å². The van der Waals surface area contributed by atoms with E-state index in [1.807, 2.05) is 23.5 Å². The zero-order valence-electron chi connectivity index (χ0n) is 14.4. The fraction of sp³-hybridized carbons (Fsp3) is 0.500. The number of carbonyl (C=O) groups is 1. The molecule has 1 fully saturated rings. The van der Waals surface area contributed by atoms with Gasteiger partial charge in [0.15, 0.2) is 4.67 Å². The predicted molar refractivity (Wildman–Crippen MR) is 104 cm³/mol. The van der Waals surface area contributed by atoms with Crippen molar-refractivity contribution in [3.05, 3.63) is 45.0 Å². The summed E-state index contributed by atoms with van der Waals surface area (Å²) >= 11 is 5.10. The standard InChI is InChI=1S/C18H24BrN3O2S/c1-21(12-15-4-5-17(19)24-15)18(23)20-11-14-6-8-22(9-7-14)13-16-3-2-10-25-16/h2-5,10,14H,6-9,11-13H2,1H3,(H,20,23). The molecule has 3 heterocycles. The number of halogens is 1. The van der Waals surface area contributed by atoms with E-state index in [2.05, 4.69) is 43.7 Å². The van der Waals surface area contributed by atoms with Crippen LogP contribution in [0.4, 0.5) is 4.79 Å². The molecule has 25 heavy (non-hydrogen) atoms. The first-order chi connectivity index (χ1) is 12.1. The first kappa shape index (κ1) is 18.5. The SMILES string of the molecule is CN(Cc1ccc(Br)o1)C(=O)NCC1CCN(Cc2cccs2)CC1. The monoisotopic (exact) mass is 425 g/mol. The predicted octanol–water partition coefficient (Wildman–Crippen LogP) is 4.16. The highest BCUT2D eigenvalue weighted by atomic mass is 79.9. The normalized spacial score (nSPS) is 16.1. The molecule has 1 aliphatic rings. The summed E-state index contributed by atoms with van der Waals surface area (Å²) in [6.45, 7) is 4.48. The van der Waals surface area contributed by atoms with Gasteiger partial charge in [-0.25, -0.2) is 4.79 Å². The minimum absolute atomic E-state index is 0.0477. The number of nitrogens with one attached hydrogen (secondary N) is 1. The highest BCUT2D eigenvalue weighted by Gasteiger charge is 2.20. The van der Waals surface area contributed by atoms with Crippen LogP contribution in [0.2, 0.25) is 0 Å². The lowest BCUT2D eigenvalue weighted by Gasteiger charge is -2.32. The van der Waals surface area contributed by atoms with Crippen LogP contribution in [0.25, 0.3) is 0 Å². The third-order valence-electron chi connectivity index (χ3n) is 4.58. The molecule has 1 N–H and O–H groups in total. The Hall–Kier alpha value is -1.31. The fourth-order valence-corrected chi connectivity index (χ4v) is 4.17. The van der Waals surface area contributed by atoms with Gasteiger partial charge in [0.25, 0.3) is 0 Å². The number of nitrogens with zero attached hydrogens (tertiary/aromatic N) is 2. The summed E-state index contributed by atoms with van der Waals surface area (Å²) in [7, 11) is 1.79. The molecule has 0 saturated carbocycles. The van der Waals surface area contributed by atoms with Gasteiger partial charge in [-0.3, -0.25) is 4.90 Å². The van der Waals surface area contributed by atoms with Crippen LogP contribution in [0.15, 0.2) is 38.7 Å². The summed E-state index contributed by atoms with van der Waals surface area (Å²) in [6.07, 6.45) is 2.28. The number of likely N-dealkylation sites (tertiary alicyclic amines) is 1. The summed E-state index contributed by atoms with van der Waals surface area (Å²) in [5, 5.41) is 5.19. The van der Waals surface area contributed by atoms with Crippen molar-refractivity contribution in [2.24, 2.45) is 5.92 Å². The first-order valence-electron chi connectivity index (χ1n) is 8.58. The second-order valence-corrected chi connectivity index (χ2v) is 8.36. The van der Waals surface area contributed by atoms with E-state index in [0.29, 0.717) is 17.1 Å². The lowest BCUT2D eigenvalue weighted by Crippen LogP contribution is -2.42. The van der Waals surface area contributed by atoms with E-state index in [-0.39, 0.29) is 6.03 Å². The van der Waals surface area contributed by atoms with Crippen LogP contribution in [-0.4, -0.2) is 42.5 Å². The number of thiophene rings is 1. The molecule has 2 aromatic rings. The van der Waals surface area contributed by atoms with Crippen molar-refractivity contribution in [1.29, 1.82) is 0 Å². The summed E-state index contributed by atoms with van der Waals surface area (Å²) < 4.78 is 6.13. The van der Waals surface area contributed by atoms with Gasteiger partial charge < -0.3 is 14.6 Å². The van der Waals surface area contributed by atoms with Crippen molar-refractivity contribution in [2.45, 2.75) is 25.9 Å². The minimum atomic E-state index is -0.0477. The second kappa shape index (κ2) is 8.87. The number of amides is 2. The van der Waals surface area contributed by atoms with Crippen LogP contribution in [0, 0.1) is 5.92 Å². The maximum absolute atomic E-state index is 12.2. The summed E-state index contributed by atoms with van der Waals surface area (Å²) in [5.74, 6) is 1.33. The Morgan fingerprint density at radius 1 is 1.40 bits per heavy atom. The van der Waals surface area contributed by atoms with E-state index in [9.17, 15) is 4.79 Å². The largest absolute Gasteiger partial charge is 0.452 e. The van der Waals surface area contributed by atoms with Gasteiger partial charge >= 0.3 is 6.03 Å². The number of hydrogen-bond donors (Lipinski definition) is 1. The molecule has 0 radical (unpaired) electrons. The van der Waals surface area contributed by atoms with Crippen molar-refractivity contribution >= 4 is 33.3 Å². The number of rotatable bonds is 6. The zero-order chi connectivity index (χ0) is 17.6. The lowest BCUT2D eigenvalue weighted by atomic mass is 9.97. The molecule has 5 nitrogen and oxygen atoms in total. The van der Waals surface area contributed by atoms with Crippen LogP contribution in [0.1, 0.15) is 23.5 Å². The second-order valence-electron chi connectivity index (χ2n) is 6.55. The molecule has 7 heteroatoms. The Morgan fingerprint density at radius 2 is 2.20 bits per heavy atom. The molecule has 0 spiro atoms. The van der Waals surface area contributed by atoms with Gasteiger partial charge in [0, 0.05) is 25.0 Å². The van der Waals surface area contributed by atoms with Crippen LogP contribution in [0.5, 0.6) is 0 Å². The Morgan fingerprint density at radius 3 is 2.84 bits per heavy atom. The molecule has 0 unspecified atom stereocenters. The Balaban J connectivity index is 1.35. The molecule has 2 aromatic heterocycles. The van der Waals surface area contributed by atoms with Gasteiger partial charge in [0.2, 0.25) is 0 Å². The highest BCUT2D eigenvalue weighted by Crippen LogP contribution is 2.20. The molecule has 2 amide bonds. The minimum Gasteiger partial charge on any atom is -0.452 e. The van der Waals surface area contributed by atoms with Crippen LogP contribution < -0.4 is 5.32 Å². The maximum Gasteiger partial charge on any atom is 0.317 e. The highest BCUT2D eigenvalue weighted by molar-refractivity contribution is 9.10. The van der Waals surface area contributed by atoms with Gasteiger partial charge in [-0.15, -0.1) is 11.3 Å². The number of hydrogen-bond acceptors (Lipinski definition) is 4. The maximum atomic E-state index is 12.2. The zero-order valence-corrected chi connectivity index (χ0v) is 16.8. The number of furan rings is 1. The fourth-order valence-electron chi connectivity index (χ4n) is 3.08. The smallest absolute Gasteiger partial charge is 0.317 e. The molecule has 0 atom stereocenters. The number of urea groups is 1. The molecule has 0 bridgehead atoms. The van der Waals surface area contributed by atoms with Crippen molar-refractivity contribution < 1.29 is 9.21 Å². The van der Waals surface area contributed by atoms with E-state index in [0.717, 1.165) is 44.8 Å². The first-order valence-corrected chi connectivity index (χ1v) is 10.3. The molecule has 136 valence electrons. The quantitative estimate of drug-likeness (QED) is 0.755. The van der Waals surface area contributed by atoms with Gasteiger partial charge in [-0.05, 0) is 71.4 Å². The summed E-state index contributed by atoms with van der Waals surface area (Å²) in [5.41, 5.74) is 0. The Bertz CT molecular complexity index is 666. The molecule has 1 saturated heterocycles. The van der Waals surface area contributed by atoms with E-state index in [1.54, 1.807) is 11.9 Å². The summed E-state index contributed by atoms with van der Waals surface area (Å²) in [6, 6.07) is 7.97. The molecule has 1 aliphatic heterocycles. The molecule has 3 rings (SSSR count). The number of carbonyl (C=O) groups excluding carboxylic acids is 1. The molecule has 0 aliphatic carbocycles. The average molecular weight is 426 g/mol. The Kier molecular flexibility index (Phi) is 6.56. The molecule has 0 aromatic carbocycles. The molecular weight excluding hydrogens is 402 g/mol. The van der Waals surface area contributed by atoms with Gasteiger partial charge in [0.05, 0.1) is 6.54 Å². The van der Waals surface area contributed by atoms with E-state index < -0.39 is 0 Å². The van der Waals surface area contributed by atoms with Crippen molar-refractivity contribution in [3.8, 4) is 0 Å². The molecular formula is C18H24BrN3O2S. The third kappa shape index (κ3) is 5.59. The van der Waals surface area contributed by atoms with Crippen LogP contribution in [0.3, 0.4) is 0 Å². The van der Waals surface area contributed by atoms with Crippen LogP contribution >= 0.6 is 27.3 Å². The van der Waals surface area contributed by atoms with Gasteiger partial charge in [0.1, 0.15) is 5.76 Å². The van der Waals surface area contributed by atoms with Crippen molar-refractivity contribution in [3.63, 3.8) is 0 Å². The average Bonchev–Trinajstić information content (AvgIpc) is 3.25. The summed E-state index contributed by atoms with van der Waals surface area (Å²) in [4.78, 5) is 17.8.